The second-order valence-electron chi connectivity index (χ2n) is 5.35. The summed E-state index contributed by atoms with van der Waals surface area (Å²) in [4.78, 5) is 21.1. The highest BCUT2D eigenvalue weighted by Crippen LogP contribution is 2.20. The first-order valence-corrected chi connectivity index (χ1v) is 7.10. The van der Waals surface area contributed by atoms with Crippen LogP contribution in [-0.2, 0) is 0 Å². The number of likely N-dealkylation sites (N-methyl/N-ethyl adjacent to an activating group) is 1. The maximum Gasteiger partial charge on any atom is 0.272 e. The molecule has 0 atom stereocenters. The van der Waals surface area contributed by atoms with Gasteiger partial charge in [0.2, 0.25) is 0 Å². The van der Waals surface area contributed by atoms with E-state index in [0.29, 0.717) is 5.69 Å². The van der Waals surface area contributed by atoms with Crippen LogP contribution in [-0.4, -0.2) is 61.0 Å². The molecule has 0 radical (unpaired) electrons. The van der Waals surface area contributed by atoms with Crippen molar-refractivity contribution in [2.75, 3.05) is 40.3 Å². The van der Waals surface area contributed by atoms with Gasteiger partial charge in [0.25, 0.3) is 5.91 Å². The Balaban J connectivity index is 1.85. The number of piperazine rings is 1. The van der Waals surface area contributed by atoms with Gasteiger partial charge in [-0.25, -0.2) is 4.98 Å². The molecular weight excluding hydrogens is 266 g/mol. The number of aromatic nitrogens is 1. The van der Waals surface area contributed by atoms with Gasteiger partial charge in [-0.15, -0.1) is 0 Å². The molecule has 0 bridgehead atoms. The highest BCUT2D eigenvalue weighted by Gasteiger charge is 2.21. The second-order valence-corrected chi connectivity index (χ2v) is 5.35. The van der Waals surface area contributed by atoms with E-state index in [4.69, 9.17) is 4.74 Å². The molecule has 0 spiro atoms. The van der Waals surface area contributed by atoms with Gasteiger partial charge in [0.1, 0.15) is 11.4 Å². The molecule has 110 valence electrons. The van der Waals surface area contributed by atoms with E-state index in [1.54, 1.807) is 13.2 Å². The van der Waals surface area contributed by atoms with E-state index in [1.807, 2.05) is 29.2 Å². The molecule has 1 amide bonds. The maximum atomic E-state index is 12.5. The van der Waals surface area contributed by atoms with Crippen molar-refractivity contribution in [3.63, 3.8) is 0 Å². The van der Waals surface area contributed by atoms with Crippen molar-refractivity contribution in [3.05, 3.63) is 36.0 Å². The van der Waals surface area contributed by atoms with Crippen LogP contribution in [0.5, 0.6) is 5.75 Å². The van der Waals surface area contributed by atoms with Crippen LogP contribution in [0.15, 0.2) is 30.3 Å². The van der Waals surface area contributed by atoms with Crippen molar-refractivity contribution in [1.82, 2.24) is 14.8 Å². The molecule has 0 N–H and O–H groups in total. The number of hydrogen-bond donors (Lipinski definition) is 0. The molecule has 2 heterocycles. The van der Waals surface area contributed by atoms with E-state index in [-0.39, 0.29) is 5.91 Å². The molecule has 1 aromatic heterocycles. The highest BCUT2D eigenvalue weighted by molar-refractivity contribution is 5.95. The quantitative estimate of drug-likeness (QED) is 0.841. The fourth-order valence-corrected chi connectivity index (χ4v) is 2.52. The Kier molecular flexibility index (Phi) is 3.75. The first kappa shape index (κ1) is 13.8. The summed E-state index contributed by atoms with van der Waals surface area (Å²) in [5, 5.41) is 0.976. The zero-order chi connectivity index (χ0) is 14.8. The van der Waals surface area contributed by atoms with E-state index >= 15 is 0 Å². The van der Waals surface area contributed by atoms with Crippen LogP contribution < -0.4 is 4.74 Å². The topological polar surface area (TPSA) is 45.7 Å². The van der Waals surface area contributed by atoms with Crippen molar-refractivity contribution >= 4 is 16.8 Å². The molecule has 3 rings (SSSR count). The third-order valence-corrected chi connectivity index (χ3v) is 3.91. The van der Waals surface area contributed by atoms with E-state index in [2.05, 4.69) is 16.9 Å². The second kappa shape index (κ2) is 5.69. The molecule has 1 aromatic carbocycles. The molecule has 1 aliphatic rings. The average Bonchev–Trinajstić information content (AvgIpc) is 2.54. The molecule has 5 nitrogen and oxygen atoms in total. The Morgan fingerprint density at radius 2 is 1.90 bits per heavy atom. The van der Waals surface area contributed by atoms with Crippen LogP contribution in [0.1, 0.15) is 10.5 Å². The Morgan fingerprint density at radius 1 is 1.14 bits per heavy atom. The molecule has 0 saturated carbocycles. The zero-order valence-corrected chi connectivity index (χ0v) is 12.4. The summed E-state index contributed by atoms with van der Waals surface area (Å²) in [5.74, 6) is 0.809. The molecule has 1 saturated heterocycles. The molecule has 0 aliphatic carbocycles. The fraction of sp³-hybridized carbons (Fsp3) is 0.375. The number of carbonyl (C=O) groups is 1. The van der Waals surface area contributed by atoms with Gasteiger partial charge in [-0.3, -0.25) is 4.79 Å². The van der Waals surface area contributed by atoms with Crippen LogP contribution in [0.3, 0.4) is 0 Å². The number of benzene rings is 1. The van der Waals surface area contributed by atoms with Gasteiger partial charge in [0, 0.05) is 31.6 Å². The van der Waals surface area contributed by atoms with E-state index in [0.717, 1.165) is 42.8 Å². The Bertz CT molecular complexity index is 664. The lowest BCUT2D eigenvalue weighted by molar-refractivity contribution is 0.0658. The summed E-state index contributed by atoms with van der Waals surface area (Å²) in [6.07, 6.45) is 0. The van der Waals surface area contributed by atoms with Crippen molar-refractivity contribution in [2.45, 2.75) is 0 Å². The summed E-state index contributed by atoms with van der Waals surface area (Å²) in [6, 6.07) is 9.39. The number of ether oxygens (including phenoxy) is 1. The average molecular weight is 285 g/mol. The molecule has 2 aromatic rings. The van der Waals surface area contributed by atoms with Gasteiger partial charge in [-0.2, -0.15) is 0 Å². The number of rotatable bonds is 2. The number of carbonyl (C=O) groups excluding carboxylic acids is 1. The lowest BCUT2D eigenvalue weighted by Crippen LogP contribution is -2.47. The molecular formula is C16H19N3O2. The van der Waals surface area contributed by atoms with E-state index in [1.165, 1.54) is 0 Å². The summed E-state index contributed by atoms with van der Waals surface area (Å²) in [5.41, 5.74) is 1.33. The largest absolute Gasteiger partial charge is 0.497 e. The van der Waals surface area contributed by atoms with Crippen LogP contribution in [0.4, 0.5) is 0 Å². The Morgan fingerprint density at radius 3 is 2.62 bits per heavy atom. The van der Waals surface area contributed by atoms with Crippen LogP contribution in [0, 0.1) is 0 Å². The molecule has 5 heteroatoms. The minimum atomic E-state index is 0.0146. The smallest absolute Gasteiger partial charge is 0.272 e. The van der Waals surface area contributed by atoms with Crippen LogP contribution >= 0.6 is 0 Å². The number of nitrogens with zero attached hydrogens (tertiary/aromatic N) is 3. The standard InChI is InChI=1S/C16H19N3O2/c1-18-7-9-19(10-8-18)16(20)15-5-3-12-11-13(21-2)4-6-14(12)17-15/h3-6,11H,7-10H2,1-2H3. The van der Waals surface area contributed by atoms with Gasteiger partial charge < -0.3 is 14.5 Å². The number of methoxy groups -OCH3 is 1. The van der Waals surface area contributed by atoms with Gasteiger partial charge in [-0.05, 0) is 31.3 Å². The summed E-state index contributed by atoms with van der Waals surface area (Å²) in [7, 11) is 3.71. The number of fused-ring (bicyclic) bond motifs is 1. The molecule has 1 aliphatic heterocycles. The fourth-order valence-electron chi connectivity index (χ4n) is 2.52. The Labute approximate surface area is 124 Å². The summed E-state index contributed by atoms with van der Waals surface area (Å²) in [6.45, 7) is 3.35. The van der Waals surface area contributed by atoms with E-state index < -0.39 is 0 Å². The SMILES string of the molecule is COc1ccc2nc(C(=O)N3CCN(C)CC3)ccc2c1. The summed E-state index contributed by atoms with van der Waals surface area (Å²) >= 11 is 0. The monoisotopic (exact) mass is 285 g/mol. The highest BCUT2D eigenvalue weighted by atomic mass is 16.5. The maximum absolute atomic E-state index is 12.5. The van der Waals surface area contributed by atoms with Gasteiger partial charge in [0.05, 0.1) is 12.6 Å². The van der Waals surface area contributed by atoms with Crippen molar-refractivity contribution in [3.8, 4) is 5.75 Å². The first-order valence-electron chi connectivity index (χ1n) is 7.10. The van der Waals surface area contributed by atoms with Crippen molar-refractivity contribution in [2.24, 2.45) is 0 Å². The van der Waals surface area contributed by atoms with Gasteiger partial charge in [-0.1, -0.05) is 6.07 Å². The predicted molar refractivity (Wildman–Crippen MR) is 81.7 cm³/mol. The number of pyridine rings is 1. The number of hydrogen-bond acceptors (Lipinski definition) is 4. The predicted octanol–water partition coefficient (Wildman–Crippen LogP) is 1.63. The van der Waals surface area contributed by atoms with Crippen molar-refractivity contribution < 1.29 is 9.53 Å². The normalized spacial score (nSPS) is 16.2. The van der Waals surface area contributed by atoms with Gasteiger partial charge in [0.15, 0.2) is 0 Å². The molecule has 1 fully saturated rings. The Hall–Kier alpha value is -2.14. The van der Waals surface area contributed by atoms with E-state index in [9.17, 15) is 4.79 Å². The number of amides is 1. The van der Waals surface area contributed by atoms with Crippen molar-refractivity contribution in [1.29, 1.82) is 0 Å². The zero-order valence-electron chi connectivity index (χ0n) is 12.4. The summed E-state index contributed by atoms with van der Waals surface area (Å²) < 4.78 is 5.20. The van der Waals surface area contributed by atoms with Crippen LogP contribution in [0.2, 0.25) is 0 Å². The minimum absolute atomic E-state index is 0.0146. The lowest BCUT2D eigenvalue weighted by atomic mass is 10.2. The molecule has 0 unspecified atom stereocenters. The lowest BCUT2D eigenvalue weighted by Gasteiger charge is -2.32. The van der Waals surface area contributed by atoms with Crippen LogP contribution in [0.25, 0.3) is 10.9 Å². The minimum Gasteiger partial charge on any atom is -0.497 e. The molecule has 21 heavy (non-hydrogen) atoms. The third kappa shape index (κ3) is 2.83. The third-order valence-electron chi connectivity index (χ3n) is 3.91. The van der Waals surface area contributed by atoms with Gasteiger partial charge >= 0.3 is 0 Å². The first-order chi connectivity index (χ1) is 10.2.